The van der Waals surface area contributed by atoms with E-state index in [-0.39, 0.29) is 0 Å². The number of thioether (sulfide) groups is 1. The molecule has 0 saturated carbocycles. The predicted molar refractivity (Wildman–Crippen MR) is 94.0 cm³/mol. The number of halogens is 1. The number of methoxy groups -OCH3 is 1. The van der Waals surface area contributed by atoms with E-state index >= 15 is 0 Å². The molecule has 7 heteroatoms. The molecule has 0 fully saturated rings. The van der Waals surface area contributed by atoms with Crippen LogP contribution in [0, 0.1) is 0 Å². The highest BCUT2D eigenvalue weighted by molar-refractivity contribution is 7.99. The molecule has 1 heterocycles. The van der Waals surface area contributed by atoms with Crippen LogP contribution in [0.15, 0.2) is 58.2 Å². The molecular weight excluding hydrogens is 348 g/mol. The predicted octanol–water partition coefficient (Wildman–Crippen LogP) is 4.57. The fourth-order valence-electron chi connectivity index (χ4n) is 2.04. The highest BCUT2D eigenvalue weighted by Gasteiger charge is 2.13. The van der Waals surface area contributed by atoms with Gasteiger partial charge >= 0.3 is 0 Å². The molecule has 0 bridgehead atoms. The van der Waals surface area contributed by atoms with Gasteiger partial charge in [0.2, 0.25) is 0 Å². The van der Waals surface area contributed by atoms with Crippen molar-refractivity contribution in [2.75, 3.05) is 19.5 Å². The van der Waals surface area contributed by atoms with E-state index in [1.165, 1.54) is 11.8 Å². The number of aromatic nitrogens is 2. The molecule has 3 rings (SSSR count). The Morgan fingerprint density at radius 2 is 1.79 bits per heavy atom. The van der Waals surface area contributed by atoms with Crippen LogP contribution >= 0.6 is 23.4 Å². The Labute approximate surface area is 148 Å². The summed E-state index contributed by atoms with van der Waals surface area (Å²) in [6, 6.07) is 14.9. The van der Waals surface area contributed by atoms with Gasteiger partial charge in [0, 0.05) is 5.75 Å². The molecule has 0 radical (unpaired) electrons. The summed E-state index contributed by atoms with van der Waals surface area (Å²) in [4.78, 5) is 0. The Morgan fingerprint density at radius 1 is 1.04 bits per heavy atom. The minimum atomic E-state index is 0.432. The Bertz CT molecular complexity index is 810. The van der Waals surface area contributed by atoms with E-state index in [1.54, 1.807) is 13.2 Å². The van der Waals surface area contributed by atoms with Gasteiger partial charge in [0.05, 0.1) is 24.3 Å². The summed E-state index contributed by atoms with van der Waals surface area (Å²) in [5.41, 5.74) is 0.770. The lowest BCUT2D eigenvalue weighted by Crippen LogP contribution is -2.00. The summed E-state index contributed by atoms with van der Waals surface area (Å²) in [5, 5.41) is 9.19. The Kier molecular flexibility index (Phi) is 5.61. The molecule has 0 aliphatic heterocycles. The van der Waals surface area contributed by atoms with Crippen molar-refractivity contribution in [1.29, 1.82) is 0 Å². The zero-order valence-electron chi connectivity index (χ0n) is 12.9. The number of rotatable bonds is 7. The molecule has 0 aliphatic carbocycles. The molecule has 0 aliphatic rings. The van der Waals surface area contributed by atoms with Gasteiger partial charge in [0.15, 0.2) is 0 Å². The summed E-state index contributed by atoms with van der Waals surface area (Å²) in [6.07, 6.45) is 0. The van der Waals surface area contributed by atoms with Crippen molar-refractivity contribution in [2.45, 2.75) is 5.22 Å². The van der Waals surface area contributed by atoms with Gasteiger partial charge in [-0.25, -0.2) is 0 Å². The van der Waals surface area contributed by atoms with Crippen LogP contribution in [0.3, 0.4) is 0 Å². The lowest BCUT2D eigenvalue weighted by molar-refractivity contribution is 0.343. The SMILES string of the molecule is COc1ccccc1-c1nnc(SCCOc2ccccc2Cl)o1. The van der Waals surface area contributed by atoms with Crippen molar-refractivity contribution in [3.05, 3.63) is 53.6 Å². The normalized spacial score (nSPS) is 10.6. The zero-order chi connectivity index (χ0) is 16.8. The molecule has 0 amide bonds. The standard InChI is InChI=1S/C17H15ClN2O3S/c1-21-14-8-4-2-6-12(14)16-19-20-17(23-16)24-11-10-22-15-9-5-3-7-13(15)18/h2-9H,10-11H2,1H3. The topological polar surface area (TPSA) is 57.4 Å². The van der Waals surface area contributed by atoms with E-state index in [0.717, 1.165) is 5.56 Å². The molecule has 3 aromatic rings. The van der Waals surface area contributed by atoms with E-state index in [1.807, 2.05) is 42.5 Å². The van der Waals surface area contributed by atoms with Crippen molar-refractivity contribution in [3.63, 3.8) is 0 Å². The maximum atomic E-state index is 6.04. The smallest absolute Gasteiger partial charge is 0.276 e. The summed E-state index contributed by atoms with van der Waals surface area (Å²) >= 11 is 7.46. The van der Waals surface area contributed by atoms with Gasteiger partial charge < -0.3 is 13.9 Å². The summed E-state index contributed by atoms with van der Waals surface area (Å²) < 4.78 is 16.6. The molecule has 0 spiro atoms. The van der Waals surface area contributed by atoms with E-state index in [2.05, 4.69) is 10.2 Å². The number of ether oxygens (including phenoxy) is 2. The van der Waals surface area contributed by atoms with Crippen molar-refractivity contribution < 1.29 is 13.9 Å². The fourth-order valence-corrected chi connectivity index (χ4v) is 2.81. The third kappa shape index (κ3) is 4.01. The second-order valence-electron chi connectivity index (χ2n) is 4.70. The highest BCUT2D eigenvalue weighted by Crippen LogP contribution is 2.30. The molecule has 2 aromatic carbocycles. The maximum absolute atomic E-state index is 6.04. The van der Waals surface area contributed by atoms with Crippen LogP contribution in [0.4, 0.5) is 0 Å². The Balaban J connectivity index is 1.56. The van der Waals surface area contributed by atoms with Crippen LogP contribution in [0.25, 0.3) is 11.5 Å². The Morgan fingerprint density at radius 3 is 2.58 bits per heavy atom. The monoisotopic (exact) mass is 362 g/mol. The van der Waals surface area contributed by atoms with Crippen molar-refractivity contribution >= 4 is 23.4 Å². The van der Waals surface area contributed by atoms with Crippen molar-refractivity contribution in [1.82, 2.24) is 10.2 Å². The first-order valence-corrected chi connectivity index (χ1v) is 8.61. The molecule has 0 atom stereocenters. The molecular formula is C17H15ClN2O3S. The number of nitrogens with zero attached hydrogens (tertiary/aromatic N) is 2. The van der Waals surface area contributed by atoms with Gasteiger partial charge in [-0.1, -0.05) is 47.6 Å². The number of benzene rings is 2. The van der Waals surface area contributed by atoms with Crippen molar-refractivity contribution in [3.8, 4) is 23.0 Å². The molecule has 124 valence electrons. The molecule has 0 N–H and O–H groups in total. The molecule has 24 heavy (non-hydrogen) atoms. The highest BCUT2D eigenvalue weighted by atomic mass is 35.5. The molecule has 0 unspecified atom stereocenters. The van der Waals surface area contributed by atoms with Gasteiger partial charge in [0.25, 0.3) is 11.1 Å². The average Bonchev–Trinajstić information content (AvgIpc) is 3.09. The first-order chi connectivity index (χ1) is 11.8. The van der Waals surface area contributed by atoms with E-state index < -0.39 is 0 Å². The summed E-state index contributed by atoms with van der Waals surface area (Å²) in [7, 11) is 1.61. The minimum Gasteiger partial charge on any atom is -0.496 e. The van der Waals surface area contributed by atoms with Gasteiger partial charge in [-0.15, -0.1) is 10.2 Å². The van der Waals surface area contributed by atoms with Gasteiger partial charge in [-0.05, 0) is 24.3 Å². The summed E-state index contributed by atoms with van der Waals surface area (Å²) in [6.45, 7) is 0.487. The fraction of sp³-hybridized carbons (Fsp3) is 0.176. The number of para-hydroxylation sites is 2. The summed E-state index contributed by atoms with van der Waals surface area (Å²) in [5.74, 6) is 2.46. The van der Waals surface area contributed by atoms with Crippen LogP contribution in [-0.4, -0.2) is 29.7 Å². The molecule has 5 nitrogen and oxygen atoms in total. The van der Waals surface area contributed by atoms with Crippen LogP contribution in [0.5, 0.6) is 11.5 Å². The van der Waals surface area contributed by atoms with Crippen LogP contribution in [-0.2, 0) is 0 Å². The molecule has 0 saturated heterocycles. The second kappa shape index (κ2) is 8.08. The van der Waals surface area contributed by atoms with E-state index in [0.29, 0.717) is 40.0 Å². The lowest BCUT2D eigenvalue weighted by atomic mass is 10.2. The molecule has 1 aromatic heterocycles. The van der Waals surface area contributed by atoms with Crippen molar-refractivity contribution in [2.24, 2.45) is 0 Å². The first-order valence-electron chi connectivity index (χ1n) is 7.25. The lowest BCUT2D eigenvalue weighted by Gasteiger charge is -2.06. The van der Waals surface area contributed by atoms with Crippen LogP contribution < -0.4 is 9.47 Å². The zero-order valence-corrected chi connectivity index (χ0v) is 14.5. The van der Waals surface area contributed by atoms with Gasteiger partial charge in [-0.3, -0.25) is 0 Å². The average molecular weight is 363 g/mol. The first kappa shape index (κ1) is 16.7. The third-order valence-corrected chi connectivity index (χ3v) is 4.24. The van der Waals surface area contributed by atoms with Gasteiger partial charge in [0.1, 0.15) is 11.5 Å². The minimum absolute atomic E-state index is 0.432. The largest absolute Gasteiger partial charge is 0.496 e. The van der Waals surface area contributed by atoms with Crippen LogP contribution in [0.2, 0.25) is 5.02 Å². The number of hydrogen-bond acceptors (Lipinski definition) is 6. The second-order valence-corrected chi connectivity index (χ2v) is 6.15. The van der Waals surface area contributed by atoms with Crippen LogP contribution in [0.1, 0.15) is 0 Å². The number of hydrogen-bond donors (Lipinski definition) is 0. The van der Waals surface area contributed by atoms with E-state index in [4.69, 9.17) is 25.5 Å². The van der Waals surface area contributed by atoms with Gasteiger partial charge in [-0.2, -0.15) is 0 Å². The Hall–Kier alpha value is -2.18. The quantitative estimate of drug-likeness (QED) is 0.453. The third-order valence-electron chi connectivity index (χ3n) is 3.15. The maximum Gasteiger partial charge on any atom is 0.276 e. The van der Waals surface area contributed by atoms with E-state index in [9.17, 15) is 0 Å².